The van der Waals surface area contributed by atoms with Gasteiger partial charge in [-0.25, -0.2) is 4.98 Å². The molecule has 0 fully saturated rings. The number of nitro benzene ring substituents is 2. The van der Waals surface area contributed by atoms with Crippen LogP contribution in [0.2, 0.25) is 0 Å². The molecule has 0 saturated carbocycles. The van der Waals surface area contributed by atoms with Crippen molar-refractivity contribution in [2.75, 3.05) is 0 Å². The van der Waals surface area contributed by atoms with Crippen molar-refractivity contribution in [1.29, 1.82) is 5.26 Å². The Hall–Kier alpha value is -3.41. The Bertz CT molecular complexity index is 809. The monoisotopic (exact) mass is 302 g/mol. The van der Waals surface area contributed by atoms with Gasteiger partial charge in [-0.2, -0.15) is 9.65 Å². The van der Waals surface area contributed by atoms with Crippen LogP contribution in [0.4, 0.5) is 15.8 Å². The lowest BCUT2D eigenvalue weighted by Gasteiger charge is -2.07. The van der Waals surface area contributed by atoms with Gasteiger partial charge in [-0.1, -0.05) is 0 Å². The van der Waals surface area contributed by atoms with E-state index < -0.39 is 32.7 Å². The number of halogens is 1. The molecule has 0 spiro atoms. The molecule has 0 saturated heterocycles. The second-order valence-corrected chi connectivity index (χ2v) is 4.37. The van der Waals surface area contributed by atoms with E-state index in [2.05, 4.69) is 4.98 Å². The molecule has 0 aliphatic carbocycles. The number of pyridine rings is 1. The number of nitro groups is 2. The van der Waals surface area contributed by atoms with Gasteiger partial charge in [-0.05, 0) is 18.6 Å². The van der Waals surface area contributed by atoms with Crippen molar-refractivity contribution in [3.63, 3.8) is 0 Å². The van der Waals surface area contributed by atoms with E-state index in [1.54, 1.807) is 13.0 Å². The van der Waals surface area contributed by atoms with E-state index in [-0.39, 0.29) is 11.1 Å². The summed E-state index contributed by atoms with van der Waals surface area (Å²) < 4.78 is 13.9. The van der Waals surface area contributed by atoms with Crippen LogP contribution in [0.25, 0.3) is 11.1 Å². The minimum atomic E-state index is -1.07. The lowest BCUT2D eigenvalue weighted by molar-refractivity contribution is -0.392. The summed E-state index contributed by atoms with van der Waals surface area (Å²) in [5, 5.41) is 31.2. The van der Waals surface area contributed by atoms with Crippen LogP contribution in [-0.4, -0.2) is 14.8 Å². The average molecular weight is 302 g/mol. The molecular weight excluding hydrogens is 295 g/mol. The number of aryl methyl sites for hydroxylation is 1. The molecule has 22 heavy (non-hydrogen) atoms. The second kappa shape index (κ2) is 5.53. The van der Waals surface area contributed by atoms with Crippen LogP contribution in [0.1, 0.15) is 11.1 Å². The minimum absolute atomic E-state index is 0.261. The highest BCUT2D eigenvalue weighted by atomic mass is 19.1. The fourth-order valence-electron chi connectivity index (χ4n) is 1.97. The number of rotatable bonds is 3. The van der Waals surface area contributed by atoms with E-state index in [1.165, 1.54) is 12.3 Å². The van der Waals surface area contributed by atoms with E-state index >= 15 is 0 Å². The van der Waals surface area contributed by atoms with Crippen molar-refractivity contribution in [2.24, 2.45) is 0 Å². The average Bonchev–Trinajstić information content (AvgIpc) is 2.48. The predicted molar refractivity (Wildman–Crippen MR) is 72.4 cm³/mol. The molecule has 0 bridgehead atoms. The molecule has 0 N–H and O–H groups in total. The highest BCUT2D eigenvalue weighted by Gasteiger charge is 2.30. The lowest BCUT2D eigenvalue weighted by Crippen LogP contribution is -2.01. The largest absolute Gasteiger partial charge is 0.285 e. The molecule has 2 aromatic rings. The molecule has 0 amide bonds. The third-order valence-corrected chi connectivity index (χ3v) is 2.86. The second-order valence-electron chi connectivity index (χ2n) is 4.37. The van der Waals surface area contributed by atoms with Gasteiger partial charge in [0.2, 0.25) is 5.95 Å². The molecule has 0 aliphatic heterocycles. The van der Waals surface area contributed by atoms with Gasteiger partial charge < -0.3 is 0 Å². The van der Waals surface area contributed by atoms with Crippen LogP contribution in [0, 0.1) is 44.4 Å². The minimum Gasteiger partial charge on any atom is -0.258 e. The molecule has 2 rings (SSSR count). The molecule has 0 aliphatic rings. The lowest BCUT2D eigenvalue weighted by atomic mass is 9.99. The number of hydrogen-bond acceptors (Lipinski definition) is 6. The molecule has 9 heteroatoms. The van der Waals surface area contributed by atoms with Crippen LogP contribution in [-0.2, 0) is 0 Å². The van der Waals surface area contributed by atoms with E-state index in [4.69, 9.17) is 5.26 Å². The normalized spacial score (nSPS) is 10.0. The summed E-state index contributed by atoms with van der Waals surface area (Å²) in [5.74, 6) is -1.07. The first kappa shape index (κ1) is 15.0. The predicted octanol–water partition coefficient (Wildman–Crippen LogP) is 2.88. The molecule has 1 aromatic carbocycles. The maximum atomic E-state index is 13.9. The number of nitriles is 1. The summed E-state index contributed by atoms with van der Waals surface area (Å²) in [7, 11) is 0. The van der Waals surface area contributed by atoms with Gasteiger partial charge in [0.1, 0.15) is 5.56 Å². The molecule has 0 unspecified atom stereocenters. The Kier molecular flexibility index (Phi) is 3.77. The zero-order chi connectivity index (χ0) is 16.4. The SMILES string of the molecule is Cc1cnc(F)c(-c2c([N+](=O)[O-])cc(C#N)cc2[N+](=O)[O-])c1. The molecule has 8 nitrogen and oxygen atoms in total. The summed E-state index contributed by atoms with van der Waals surface area (Å²) in [6.07, 6.45) is 1.19. The van der Waals surface area contributed by atoms with Crippen LogP contribution >= 0.6 is 0 Å². The third kappa shape index (κ3) is 2.57. The van der Waals surface area contributed by atoms with Crippen LogP contribution < -0.4 is 0 Å². The third-order valence-electron chi connectivity index (χ3n) is 2.86. The first-order chi connectivity index (χ1) is 10.3. The first-order valence-corrected chi connectivity index (χ1v) is 5.84. The quantitative estimate of drug-likeness (QED) is 0.488. The summed E-state index contributed by atoms with van der Waals surface area (Å²) in [5.41, 5.74) is -2.10. The van der Waals surface area contributed by atoms with E-state index in [1.807, 2.05) is 0 Å². The molecule has 0 radical (unpaired) electrons. The molecule has 1 aromatic heterocycles. The van der Waals surface area contributed by atoms with Crippen molar-refractivity contribution in [2.45, 2.75) is 6.92 Å². The summed E-state index contributed by atoms with van der Waals surface area (Å²) in [6.45, 7) is 1.57. The fraction of sp³-hybridized carbons (Fsp3) is 0.0769. The first-order valence-electron chi connectivity index (χ1n) is 5.84. The zero-order valence-electron chi connectivity index (χ0n) is 11.1. The van der Waals surface area contributed by atoms with Gasteiger partial charge in [0.05, 0.1) is 27.0 Å². The van der Waals surface area contributed by atoms with Gasteiger partial charge in [0, 0.05) is 18.3 Å². The fourth-order valence-corrected chi connectivity index (χ4v) is 1.97. The Morgan fingerprint density at radius 1 is 1.18 bits per heavy atom. The van der Waals surface area contributed by atoms with Gasteiger partial charge in [0.25, 0.3) is 11.4 Å². The van der Waals surface area contributed by atoms with E-state index in [0.29, 0.717) is 5.56 Å². The van der Waals surface area contributed by atoms with E-state index in [0.717, 1.165) is 12.1 Å². The Balaban J connectivity index is 2.95. The highest BCUT2D eigenvalue weighted by molar-refractivity contribution is 5.83. The summed E-state index contributed by atoms with van der Waals surface area (Å²) >= 11 is 0. The van der Waals surface area contributed by atoms with Gasteiger partial charge in [-0.3, -0.25) is 20.2 Å². The van der Waals surface area contributed by atoms with Crippen molar-refractivity contribution < 1.29 is 14.2 Å². The van der Waals surface area contributed by atoms with E-state index in [9.17, 15) is 24.6 Å². The summed E-state index contributed by atoms with van der Waals surface area (Å²) in [6, 6.07) is 4.56. The van der Waals surface area contributed by atoms with Crippen molar-refractivity contribution in [3.8, 4) is 17.2 Å². The number of aromatic nitrogens is 1. The molecule has 1 heterocycles. The van der Waals surface area contributed by atoms with Crippen LogP contribution in [0.15, 0.2) is 24.4 Å². The highest BCUT2D eigenvalue weighted by Crippen LogP contribution is 2.40. The smallest absolute Gasteiger partial charge is 0.258 e. The molecule has 110 valence electrons. The van der Waals surface area contributed by atoms with Crippen molar-refractivity contribution in [3.05, 3.63) is 61.7 Å². The molecular formula is C13H7FN4O4. The van der Waals surface area contributed by atoms with Crippen LogP contribution in [0.3, 0.4) is 0 Å². The topological polar surface area (TPSA) is 123 Å². The van der Waals surface area contributed by atoms with Crippen molar-refractivity contribution in [1.82, 2.24) is 4.98 Å². The standard InChI is InChI=1S/C13H7FN4O4/c1-7-2-9(13(14)16-6-7)12-10(17(19)20)3-8(5-15)4-11(12)18(21)22/h2-4,6H,1H3. The number of benzene rings is 1. The Morgan fingerprint density at radius 3 is 2.18 bits per heavy atom. The van der Waals surface area contributed by atoms with Crippen molar-refractivity contribution >= 4 is 11.4 Å². The summed E-state index contributed by atoms with van der Waals surface area (Å²) in [4.78, 5) is 24.0. The maximum absolute atomic E-state index is 13.9. The molecule has 0 atom stereocenters. The number of hydrogen-bond donors (Lipinski definition) is 0. The van der Waals surface area contributed by atoms with Gasteiger partial charge in [-0.15, -0.1) is 0 Å². The maximum Gasteiger partial charge on any atom is 0.285 e. The Morgan fingerprint density at radius 2 is 1.73 bits per heavy atom. The van der Waals surface area contributed by atoms with Crippen LogP contribution in [0.5, 0.6) is 0 Å². The van der Waals surface area contributed by atoms with Gasteiger partial charge in [0.15, 0.2) is 0 Å². The Labute approximate surface area is 122 Å². The zero-order valence-corrected chi connectivity index (χ0v) is 11.1. The number of nitrogens with zero attached hydrogens (tertiary/aromatic N) is 4. The van der Waals surface area contributed by atoms with Gasteiger partial charge >= 0.3 is 0 Å².